The Kier molecular flexibility index (Phi) is 3.89. The highest BCUT2D eigenvalue weighted by Crippen LogP contribution is 1.72. The number of carbonyl (C=O) groups is 2. The number of carboxylic acids is 1. The molecule has 0 spiro atoms. The number of carbonyl (C=O) groups excluding carboxylic acids is 2. The third kappa shape index (κ3) is 6.52. The molecule has 11 heavy (non-hydrogen) atoms. The van der Waals surface area contributed by atoms with Gasteiger partial charge in [0.1, 0.15) is 0 Å². The van der Waals surface area contributed by atoms with Gasteiger partial charge >= 0.3 is 0 Å². The van der Waals surface area contributed by atoms with Crippen molar-refractivity contribution in [3.8, 4) is 0 Å². The molecule has 0 unspecified atom stereocenters. The van der Waals surface area contributed by atoms with E-state index in [1.165, 1.54) is 0 Å². The van der Waals surface area contributed by atoms with E-state index in [1.54, 1.807) is 0 Å². The van der Waals surface area contributed by atoms with Crippen molar-refractivity contribution < 1.29 is 14.7 Å². The Morgan fingerprint density at radius 2 is 2.00 bits per heavy atom. The molecular formula is C4H6N3O3S-. The number of carboxylic acid groups (broad SMARTS) is 1. The fourth-order valence-corrected chi connectivity index (χ4v) is 0.358. The van der Waals surface area contributed by atoms with Crippen LogP contribution >= 0.6 is 12.2 Å². The second-order valence-corrected chi connectivity index (χ2v) is 2.03. The van der Waals surface area contributed by atoms with Crippen molar-refractivity contribution in [2.75, 3.05) is 0 Å². The van der Waals surface area contributed by atoms with Crippen molar-refractivity contribution in [1.29, 1.82) is 0 Å². The molecule has 0 rings (SSSR count). The Balaban J connectivity index is 3.53. The highest BCUT2D eigenvalue weighted by atomic mass is 32.1. The van der Waals surface area contributed by atoms with E-state index in [-0.39, 0.29) is 5.11 Å². The molecule has 6 nitrogen and oxygen atoms in total. The second-order valence-electron chi connectivity index (χ2n) is 1.59. The maximum absolute atomic E-state index is 10.4. The summed E-state index contributed by atoms with van der Waals surface area (Å²) < 4.78 is 0. The van der Waals surface area contributed by atoms with E-state index in [0.717, 1.165) is 0 Å². The van der Waals surface area contributed by atoms with Crippen LogP contribution in [0.4, 0.5) is 0 Å². The summed E-state index contributed by atoms with van der Waals surface area (Å²) in [5.74, 6) is -2.23. The molecule has 0 saturated carbocycles. The summed E-state index contributed by atoms with van der Waals surface area (Å²) in [7, 11) is 0. The smallest absolute Gasteiger partial charge is 0.244 e. The quantitative estimate of drug-likeness (QED) is 0.235. The average molecular weight is 176 g/mol. The molecule has 4 N–H and O–H groups in total. The third-order valence-electron chi connectivity index (χ3n) is 0.630. The summed E-state index contributed by atoms with van der Waals surface area (Å²) in [4.78, 5) is 20.2. The van der Waals surface area contributed by atoms with Crippen LogP contribution in [0.15, 0.2) is 0 Å². The normalized spacial score (nSPS) is 8.36. The first-order chi connectivity index (χ1) is 5.02. The molecular weight excluding hydrogens is 170 g/mol. The molecule has 0 fully saturated rings. The topological polar surface area (TPSA) is 107 Å². The summed E-state index contributed by atoms with van der Waals surface area (Å²) in [6.45, 7) is 0. The van der Waals surface area contributed by atoms with Crippen LogP contribution in [0.25, 0.3) is 0 Å². The Labute approximate surface area is 67.7 Å². The highest BCUT2D eigenvalue weighted by Gasteiger charge is 1.99. The van der Waals surface area contributed by atoms with Crippen molar-refractivity contribution in [2.24, 2.45) is 5.73 Å². The molecule has 0 aromatic rings. The van der Waals surface area contributed by atoms with E-state index in [1.807, 2.05) is 5.43 Å². The molecule has 0 saturated heterocycles. The Morgan fingerprint density at radius 1 is 1.45 bits per heavy atom. The number of hydrogen-bond donors (Lipinski definition) is 3. The molecule has 0 aromatic carbocycles. The van der Waals surface area contributed by atoms with Gasteiger partial charge in [-0.3, -0.25) is 15.6 Å². The molecule has 1 amide bonds. The predicted octanol–water partition coefficient (Wildman–Crippen LogP) is -3.01. The van der Waals surface area contributed by atoms with Crippen molar-refractivity contribution >= 4 is 29.2 Å². The van der Waals surface area contributed by atoms with Crippen LogP contribution in [0.2, 0.25) is 0 Å². The van der Waals surface area contributed by atoms with Crippen molar-refractivity contribution in [3.63, 3.8) is 0 Å². The number of nitrogens with two attached hydrogens (primary N) is 1. The first kappa shape index (κ1) is 9.63. The van der Waals surface area contributed by atoms with E-state index in [2.05, 4.69) is 17.6 Å². The number of hydrazine groups is 1. The van der Waals surface area contributed by atoms with E-state index >= 15 is 0 Å². The Hall–Kier alpha value is -1.37. The lowest BCUT2D eigenvalue weighted by atomic mass is 10.4. The molecule has 0 atom stereocenters. The molecule has 0 aromatic heterocycles. The minimum absolute atomic E-state index is 0.142. The van der Waals surface area contributed by atoms with Gasteiger partial charge in [0.15, 0.2) is 5.11 Å². The van der Waals surface area contributed by atoms with Gasteiger partial charge in [-0.15, -0.1) is 0 Å². The summed E-state index contributed by atoms with van der Waals surface area (Å²) in [6, 6.07) is 0. The van der Waals surface area contributed by atoms with Crippen molar-refractivity contribution in [3.05, 3.63) is 0 Å². The van der Waals surface area contributed by atoms with Gasteiger partial charge < -0.3 is 15.6 Å². The van der Waals surface area contributed by atoms with Crippen LogP contribution in [0.5, 0.6) is 0 Å². The van der Waals surface area contributed by atoms with Gasteiger partial charge in [-0.25, -0.2) is 0 Å². The molecule has 0 aliphatic carbocycles. The zero-order valence-electron chi connectivity index (χ0n) is 5.42. The molecule has 0 aliphatic rings. The SMILES string of the molecule is NC(=S)NNC(=O)CC(=O)[O-]. The Bertz CT molecular complexity index is 193. The number of aliphatic carboxylic acids is 1. The van der Waals surface area contributed by atoms with Crippen LogP contribution in [0.3, 0.4) is 0 Å². The number of thiocarbonyl (C=S) groups is 1. The zero-order chi connectivity index (χ0) is 8.85. The number of rotatable bonds is 2. The van der Waals surface area contributed by atoms with Crippen LogP contribution in [0, 0.1) is 0 Å². The van der Waals surface area contributed by atoms with Gasteiger partial charge in [0.25, 0.3) is 0 Å². The van der Waals surface area contributed by atoms with E-state index in [4.69, 9.17) is 5.73 Å². The lowest BCUT2D eigenvalue weighted by Gasteiger charge is -2.05. The maximum atomic E-state index is 10.4. The first-order valence-electron chi connectivity index (χ1n) is 2.56. The zero-order valence-corrected chi connectivity index (χ0v) is 6.23. The lowest BCUT2D eigenvalue weighted by Crippen LogP contribution is -2.45. The molecule has 0 bridgehead atoms. The number of amides is 1. The van der Waals surface area contributed by atoms with Crippen molar-refractivity contribution in [2.45, 2.75) is 6.42 Å². The molecule has 7 heteroatoms. The van der Waals surface area contributed by atoms with Gasteiger partial charge in [0.2, 0.25) is 5.91 Å². The van der Waals surface area contributed by atoms with Crippen LogP contribution in [0.1, 0.15) is 6.42 Å². The van der Waals surface area contributed by atoms with Gasteiger partial charge in [0.05, 0.1) is 12.4 Å². The summed E-state index contributed by atoms with van der Waals surface area (Å²) in [6.07, 6.45) is -0.727. The minimum Gasteiger partial charge on any atom is -0.550 e. The number of nitrogens with one attached hydrogen (secondary N) is 2. The first-order valence-corrected chi connectivity index (χ1v) is 2.97. The largest absolute Gasteiger partial charge is 0.550 e. The lowest BCUT2D eigenvalue weighted by molar-refractivity contribution is -0.304. The number of hydrogen-bond acceptors (Lipinski definition) is 4. The fourth-order valence-electron chi connectivity index (χ4n) is 0.307. The molecule has 0 aliphatic heterocycles. The predicted molar refractivity (Wildman–Crippen MR) is 37.7 cm³/mol. The third-order valence-corrected chi connectivity index (χ3v) is 0.732. The maximum Gasteiger partial charge on any atom is 0.244 e. The summed E-state index contributed by atoms with van der Waals surface area (Å²) >= 11 is 4.32. The Morgan fingerprint density at radius 3 is 2.36 bits per heavy atom. The van der Waals surface area contributed by atoms with E-state index < -0.39 is 18.3 Å². The molecule has 0 radical (unpaired) electrons. The summed E-state index contributed by atoms with van der Waals surface area (Å²) in [5.41, 5.74) is 8.92. The van der Waals surface area contributed by atoms with E-state index in [9.17, 15) is 14.7 Å². The molecule has 62 valence electrons. The van der Waals surface area contributed by atoms with E-state index in [0.29, 0.717) is 0 Å². The van der Waals surface area contributed by atoms with Gasteiger partial charge in [0, 0.05) is 0 Å². The minimum atomic E-state index is -1.47. The second kappa shape index (κ2) is 4.45. The summed E-state index contributed by atoms with van der Waals surface area (Å²) in [5, 5.41) is 9.65. The molecule has 0 heterocycles. The van der Waals surface area contributed by atoms with Crippen molar-refractivity contribution in [1.82, 2.24) is 10.9 Å². The monoisotopic (exact) mass is 176 g/mol. The highest BCUT2D eigenvalue weighted by molar-refractivity contribution is 7.80. The average Bonchev–Trinajstić information content (AvgIpc) is 1.82. The van der Waals surface area contributed by atoms with Gasteiger partial charge in [-0.05, 0) is 12.2 Å². The van der Waals surface area contributed by atoms with Gasteiger partial charge in [-0.2, -0.15) is 0 Å². The van der Waals surface area contributed by atoms with Crippen LogP contribution in [-0.2, 0) is 9.59 Å². The fraction of sp³-hybridized carbons (Fsp3) is 0.250. The van der Waals surface area contributed by atoms with Crippen LogP contribution < -0.4 is 21.7 Å². The van der Waals surface area contributed by atoms with Crippen LogP contribution in [-0.4, -0.2) is 17.0 Å². The van der Waals surface area contributed by atoms with Gasteiger partial charge in [-0.1, -0.05) is 0 Å². The standard InChI is InChI=1S/C4H7N3O3S/c5-4(11)7-6-2(8)1-3(9)10/h1H2,(H,6,8)(H,9,10)(H3,5,7,11)/p-1.